The van der Waals surface area contributed by atoms with Gasteiger partial charge in [0.2, 0.25) is 0 Å². The van der Waals surface area contributed by atoms with Crippen LogP contribution in [0, 0.1) is 13.8 Å². The predicted octanol–water partition coefficient (Wildman–Crippen LogP) is 10.0. The minimum absolute atomic E-state index is 0.0668. The molecule has 5 rings (SSSR count). The summed E-state index contributed by atoms with van der Waals surface area (Å²) < 4.78 is 17.8. The molecule has 1 amide bonds. The number of aryl methyl sites for hydroxylation is 2. The molecule has 0 bridgehead atoms. The lowest BCUT2D eigenvalue weighted by molar-refractivity contribution is 0.0705. The number of hydrogen-bond donors (Lipinski definition) is 1. The van der Waals surface area contributed by atoms with Gasteiger partial charge in [0.15, 0.2) is 0 Å². The van der Waals surface area contributed by atoms with E-state index in [9.17, 15) is 4.79 Å². The average Bonchev–Trinajstić information content (AvgIpc) is 3.78. The van der Waals surface area contributed by atoms with Gasteiger partial charge in [-0.25, -0.2) is 0 Å². The lowest BCUT2D eigenvalue weighted by atomic mass is 9.96. The summed E-state index contributed by atoms with van der Waals surface area (Å²) >= 11 is 3.73. The van der Waals surface area contributed by atoms with E-state index in [1.54, 1.807) is 0 Å². The molecule has 8 heteroatoms. The van der Waals surface area contributed by atoms with Crippen LogP contribution >= 0.6 is 22.7 Å². The first-order valence-corrected chi connectivity index (χ1v) is 19.7. The molecule has 1 aliphatic carbocycles. The number of nitrogens with one attached hydrogen (secondary N) is 1. The fraction of sp³-hybridized carbons (Fsp3) is 0.378. The van der Waals surface area contributed by atoms with E-state index < -0.39 is 8.80 Å². The molecule has 4 aromatic rings. The van der Waals surface area contributed by atoms with Crippen LogP contribution in [0.5, 0.6) is 0 Å². The molecule has 0 saturated heterocycles. The number of thiophene rings is 2. The van der Waals surface area contributed by atoms with Crippen LogP contribution in [0.25, 0.3) is 32.0 Å². The molecule has 2 aromatic heterocycles. The topological polar surface area (TPSA) is 56.8 Å². The molecule has 0 aliphatic heterocycles. The smallest absolute Gasteiger partial charge is 0.374 e. The first-order valence-electron chi connectivity index (χ1n) is 16.2. The summed E-state index contributed by atoms with van der Waals surface area (Å²) in [6.45, 7) is 12.6. The van der Waals surface area contributed by atoms with Crippen molar-refractivity contribution in [1.29, 1.82) is 0 Å². The van der Waals surface area contributed by atoms with Crippen LogP contribution in [0.1, 0.15) is 77.7 Å². The van der Waals surface area contributed by atoms with Crippen molar-refractivity contribution in [2.75, 3.05) is 26.4 Å². The zero-order chi connectivity index (χ0) is 31.8. The standard InChI is InChI=1S/C37H45NO4S2Si/c1-6-40-45(41-7-2,42-8-3)23-13-22-38-37(39)30-20-18-29(19-21-30)36-25-34(27(5)44-36)32-17-12-16-31(32)33-24-35(43-26(33)4)28-14-10-9-11-15-28/h9-11,14-15,18-21,24-25H,6-8,12-13,16-17,22-23H2,1-5H3,(H,38,39). The van der Waals surface area contributed by atoms with Gasteiger partial charge < -0.3 is 18.6 Å². The lowest BCUT2D eigenvalue weighted by Crippen LogP contribution is -2.46. The van der Waals surface area contributed by atoms with E-state index in [1.807, 2.05) is 55.6 Å². The minimum atomic E-state index is -2.70. The normalized spacial score (nSPS) is 13.5. The maximum Gasteiger partial charge on any atom is 0.500 e. The molecular weight excluding hydrogens is 615 g/mol. The van der Waals surface area contributed by atoms with Gasteiger partial charge in [-0.3, -0.25) is 4.79 Å². The van der Waals surface area contributed by atoms with E-state index >= 15 is 0 Å². The highest BCUT2D eigenvalue weighted by atomic mass is 32.1. The van der Waals surface area contributed by atoms with Crippen LogP contribution in [0.4, 0.5) is 0 Å². The third kappa shape index (κ3) is 7.93. The van der Waals surface area contributed by atoms with Crippen molar-refractivity contribution in [1.82, 2.24) is 5.32 Å². The van der Waals surface area contributed by atoms with Gasteiger partial charge in [-0.15, -0.1) is 22.7 Å². The van der Waals surface area contributed by atoms with Crippen molar-refractivity contribution < 1.29 is 18.1 Å². The van der Waals surface area contributed by atoms with Crippen LogP contribution < -0.4 is 5.32 Å². The highest BCUT2D eigenvalue weighted by molar-refractivity contribution is 7.16. The Kier molecular flexibility index (Phi) is 11.6. The molecule has 2 aromatic carbocycles. The zero-order valence-corrected chi connectivity index (χ0v) is 29.8. The fourth-order valence-electron chi connectivity index (χ4n) is 6.18. The van der Waals surface area contributed by atoms with Gasteiger partial charge in [0.25, 0.3) is 5.91 Å². The molecule has 0 spiro atoms. The molecule has 0 atom stereocenters. The van der Waals surface area contributed by atoms with E-state index in [2.05, 4.69) is 73.8 Å². The fourth-order valence-corrected chi connectivity index (χ4v) is 10.9. The van der Waals surface area contributed by atoms with Crippen LogP contribution in [-0.2, 0) is 13.3 Å². The Morgan fingerprint density at radius 2 is 1.27 bits per heavy atom. The second-order valence-corrected chi connectivity index (χ2v) is 16.5. The SMILES string of the molecule is CCO[Si](CCCNC(=O)c1ccc(-c2cc(C3=C(c4cc(-c5ccccc5)sc4C)CCC3)c(C)s2)cc1)(OCC)OCC. The Hall–Kier alpha value is -2.85. The van der Waals surface area contributed by atoms with E-state index in [-0.39, 0.29) is 5.91 Å². The quantitative estimate of drug-likeness (QED) is 0.102. The van der Waals surface area contributed by atoms with Gasteiger partial charge in [0.05, 0.1) is 0 Å². The molecule has 5 nitrogen and oxygen atoms in total. The summed E-state index contributed by atoms with van der Waals surface area (Å²) in [4.78, 5) is 18.2. The van der Waals surface area contributed by atoms with Crippen LogP contribution in [0.3, 0.4) is 0 Å². The van der Waals surface area contributed by atoms with Crippen molar-refractivity contribution in [2.24, 2.45) is 0 Å². The Bertz CT molecular complexity index is 1590. The van der Waals surface area contributed by atoms with Crippen LogP contribution in [0.15, 0.2) is 66.7 Å². The molecule has 0 fully saturated rings. The number of carbonyl (C=O) groups excluding carboxylic acids is 1. The number of allylic oxidation sites excluding steroid dienone is 2. The van der Waals surface area contributed by atoms with Crippen molar-refractivity contribution >= 4 is 48.5 Å². The Balaban J connectivity index is 1.26. The maximum atomic E-state index is 12.9. The largest absolute Gasteiger partial charge is 0.500 e. The Morgan fingerprint density at radius 3 is 1.78 bits per heavy atom. The molecule has 1 aliphatic rings. The van der Waals surface area contributed by atoms with Gasteiger partial charge >= 0.3 is 8.80 Å². The minimum Gasteiger partial charge on any atom is -0.374 e. The van der Waals surface area contributed by atoms with Crippen molar-refractivity contribution in [3.63, 3.8) is 0 Å². The van der Waals surface area contributed by atoms with Gasteiger partial charge in [-0.2, -0.15) is 0 Å². The molecule has 0 saturated carbocycles. The number of hydrogen-bond acceptors (Lipinski definition) is 6. The molecule has 238 valence electrons. The number of carbonyl (C=O) groups is 1. The van der Waals surface area contributed by atoms with Gasteiger partial charge in [-0.1, -0.05) is 42.5 Å². The molecule has 45 heavy (non-hydrogen) atoms. The first kappa shape index (κ1) is 33.5. The molecule has 0 radical (unpaired) electrons. The Labute approximate surface area is 277 Å². The van der Waals surface area contributed by atoms with E-state index in [4.69, 9.17) is 13.3 Å². The van der Waals surface area contributed by atoms with Gasteiger partial charge in [0, 0.05) is 57.5 Å². The summed E-state index contributed by atoms with van der Waals surface area (Å²) in [5.74, 6) is -0.0668. The second-order valence-electron chi connectivity index (χ2n) is 11.3. The third-order valence-corrected chi connectivity index (χ3v) is 13.6. The monoisotopic (exact) mass is 659 g/mol. The van der Waals surface area contributed by atoms with E-state index in [0.717, 1.165) is 24.8 Å². The summed E-state index contributed by atoms with van der Waals surface area (Å²) in [6, 6.07) is 24.1. The summed E-state index contributed by atoms with van der Waals surface area (Å²) in [7, 11) is -2.70. The van der Waals surface area contributed by atoms with Crippen molar-refractivity contribution in [2.45, 2.75) is 66.3 Å². The summed E-state index contributed by atoms with van der Waals surface area (Å²) in [5.41, 5.74) is 8.89. The van der Waals surface area contributed by atoms with E-state index in [0.29, 0.717) is 38.0 Å². The van der Waals surface area contributed by atoms with Gasteiger partial charge in [0.1, 0.15) is 0 Å². The van der Waals surface area contributed by atoms with Crippen molar-refractivity contribution in [3.05, 3.63) is 93.2 Å². The highest BCUT2D eigenvalue weighted by Gasteiger charge is 2.39. The third-order valence-electron chi connectivity index (χ3n) is 8.23. The summed E-state index contributed by atoms with van der Waals surface area (Å²) in [5, 5.41) is 3.06. The second kappa shape index (κ2) is 15.6. The molecular formula is C37H45NO4S2Si. The van der Waals surface area contributed by atoms with Crippen LogP contribution in [-0.4, -0.2) is 41.1 Å². The summed E-state index contributed by atoms with van der Waals surface area (Å²) in [6.07, 6.45) is 4.18. The van der Waals surface area contributed by atoms with Crippen molar-refractivity contribution in [3.8, 4) is 20.9 Å². The first-order chi connectivity index (χ1) is 21.9. The average molecular weight is 660 g/mol. The van der Waals surface area contributed by atoms with E-state index in [1.165, 1.54) is 53.8 Å². The number of benzene rings is 2. The highest BCUT2D eigenvalue weighted by Crippen LogP contribution is 2.47. The molecule has 2 heterocycles. The lowest BCUT2D eigenvalue weighted by Gasteiger charge is -2.28. The molecule has 0 unspecified atom stereocenters. The molecule has 1 N–H and O–H groups in total. The van der Waals surface area contributed by atoms with Gasteiger partial charge in [-0.05, 0) is 118 Å². The predicted molar refractivity (Wildman–Crippen MR) is 192 cm³/mol. The number of amides is 1. The number of rotatable bonds is 15. The Morgan fingerprint density at radius 1 is 0.756 bits per heavy atom. The van der Waals surface area contributed by atoms with Crippen LogP contribution in [0.2, 0.25) is 6.04 Å². The zero-order valence-electron chi connectivity index (χ0n) is 27.2. The maximum absolute atomic E-state index is 12.9.